The summed E-state index contributed by atoms with van der Waals surface area (Å²) in [6, 6.07) is 13.6. The first-order valence-corrected chi connectivity index (χ1v) is 10.3. The first-order chi connectivity index (χ1) is 15.0. The Hall–Kier alpha value is -3.55. The summed E-state index contributed by atoms with van der Waals surface area (Å²) in [5, 5.41) is 15.2. The fourth-order valence-corrected chi connectivity index (χ4v) is 3.11. The lowest BCUT2D eigenvalue weighted by molar-refractivity contribution is -0.140. The van der Waals surface area contributed by atoms with E-state index < -0.39 is 35.6 Å². The average Bonchev–Trinajstić information content (AvgIpc) is 2.71. The number of hydrogen-bond acceptors (Lipinski definition) is 5. The average molecular weight is 442 g/mol. The molecule has 8 heteroatoms. The molecule has 0 bridgehead atoms. The molecule has 0 aromatic heterocycles. The smallest absolute Gasteiger partial charge is 0.408 e. The van der Waals surface area contributed by atoms with Crippen LogP contribution in [0.4, 0.5) is 4.79 Å². The Morgan fingerprint density at radius 3 is 2.31 bits per heavy atom. The lowest BCUT2D eigenvalue weighted by atomic mass is 10.0. The van der Waals surface area contributed by atoms with E-state index in [-0.39, 0.29) is 12.3 Å². The molecule has 0 aliphatic heterocycles. The van der Waals surface area contributed by atoms with Gasteiger partial charge in [0.25, 0.3) is 0 Å². The van der Waals surface area contributed by atoms with Gasteiger partial charge in [0.2, 0.25) is 11.8 Å². The molecule has 0 heterocycles. The highest BCUT2D eigenvalue weighted by atomic mass is 16.6. The van der Waals surface area contributed by atoms with Gasteiger partial charge in [-0.3, -0.25) is 9.59 Å². The van der Waals surface area contributed by atoms with Gasteiger partial charge in [-0.25, -0.2) is 4.79 Å². The van der Waals surface area contributed by atoms with Gasteiger partial charge in [-0.15, -0.1) is 0 Å². The van der Waals surface area contributed by atoms with E-state index in [0.717, 1.165) is 5.56 Å². The maximum absolute atomic E-state index is 13.1. The number of nitrogens with one attached hydrogen (secondary N) is 2. The van der Waals surface area contributed by atoms with Crippen molar-refractivity contribution in [3.05, 3.63) is 65.7 Å². The van der Waals surface area contributed by atoms with Crippen LogP contribution < -0.4 is 10.6 Å². The van der Waals surface area contributed by atoms with Gasteiger partial charge < -0.3 is 25.4 Å². The van der Waals surface area contributed by atoms with Crippen molar-refractivity contribution in [3.8, 4) is 5.75 Å². The number of ether oxygens (including phenoxy) is 1. The lowest BCUT2D eigenvalue weighted by Crippen LogP contribution is -2.50. The zero-order valence-electron chi connectivity index (χ0n) is 19.1. The SMILES string of the molecule is CC(NC(=O)OC(C)(C)C)C(=O)N(C)C(C(=O)NCc1ccccc1)c1cccc(O)c1. The molecule has 32 heavy (non-hydrogen) atoms. The van der Waals surface area contributed by atoms with Gasteiger partial charge in [0.15, 0.2) is 0 Å². The number of benzene rings is 2. The van der Waals surface area contributed by atoms with Crippen LogP contribution in [0.3, 0.4) is 0 Å². The predicted molar refractivity (Wildman–Crippen MR) is 121 cm³/mol. The zero-order chi connectivity index (χ0) is 23.9. The van der Waals surface area contributed by atoms with Gasteiger partial charge >= 0.3 is 6.09 Å². The molecule has 172 valence electrons. The number of likely N-dealkylation sites (N-methyl/N-ethyl adjacent to an activating group) is 1. The molecule has 2 aromatic carbocycles. The van der Waals surface area contributed by atoms with Crippen LogP contribution in [0.2, 0.25) is 0 Å². The molecule has 8 nitrogen and oxygen atoms in total. The first-order valence-electron chi connectivity index (χ1n) is 10.3. The molecule has 0 fully saturated rings. The number of hydrogen-bond donors (Lipinski definition) is 3. The highest BCUT2D eigenvalue weighted by Gasteiger charge is 2.32. The van der Waals surface area contributed by atoms with Crippen LogP contribution in [0.1, 0.15) is 44.9 Å². The minimum absolute atomic E-state index is 0.0239. The summed E-state index contributed by atoms with van der Waals surface area (Å²) in [5.74, 6) is -0.928. The van der Waals surface area contributed by atoms with Crippen LogP contribution in [0.25, 0.3) is 0 Å². The summed E-state index contributed by atoms with van der Waals surface area (Å²) in [5.41, 5.74) is 0.639. The Balaban J connectivity index is 2.19. The number of carbonyl (C=O) groups excluding carboxylic acids is 3. The quantitative estimate of drug-likeness (QED) is 0.612. The number of alkyl carbamates (subject to hydrolysis) is 1. The number of carbonyl (C=O) groups is 3. The molecule has 2 unspecified atom stereocenters. The van der Waals surface area contributed by atoms with Crippen molar-refractivity contribution in [1.29, 1.82) is 0 Å². The van der Waals surface area contributed by atoms with E-state index in [1.807, 2.05) is 30.3 Å². The Morgan fingerprint density at radius 1 is 1.06 bits per heavy atom. The van der Waals surface area contributed by atoms with E-state index in [4.69, 9.17) is 4.74 Å². The first kappa shape index (κ1) is 24.7. The van der Waals surface area contributed by atoms with E-state index >= 15 is 0 Å². The molecular weight excluding hydrogens is 410 g/mol. The Labute approximate surface area is 188 Å². The fourth-order valence-electron chi connectivity index (χ4n) is 3.11. The standard InChI is InChI=1S/C24H31N3O5/c1-16(26-23(31)32-24(2,3)4)22(30)27(5)20(18-12-9-13-19(28)14-18)21(29)25-15-17-10-7-6-8-11-17/h6-14,16,20,28H,15H2,1-5H3,(H,25,29)(H,26,31). The zero-order valence-corrected chi connectivity index (χ0v) is 19.1. The van der Waals surface area contributed by atoms with Gasteiger partial charge in [0.05, 0.1) is 0 Å². The molecule has 0 saturated heterocycles. The van der Waals surface area contributed by atoms with Crippen LogP contribution in [-0.2, 0) is 20.9 Å². The monoisotopic (exact) mass is 441 g/mol. The van der Waals surface area contributed by atoms with Crippen molar-refractivity contribution in [2.24, 2.45) is 0 Å². The molecule has 2 rings (SSSR count). The van der Waals surface area contributed by atoms with Crippen LogP contribution in [0, 0.1) is 0 Å². The third-order valence-corrected chi connectivity index (χ3v) is 4.58. The minimum Gasteiger partial charge on any atom is -0.508 e. The Bertz CT molecular complexity index is 940. The van der Waals surface area contributed by atoms with Crippen LogP contribution in [-0.4, -0.2) is 46.6 Å². The minimum atomic E-state index is -1.01. The van der Waals surface area contributed by atoms with Gasteiger partial charge in [0.1, 0.15) is 23.4 Å². The number of aromatic hydroxyl groups is 1. The number of phenolic OH excluding ortho intramolecular Hbond substituents is 1. The molecule has 0 aliphatic carbocycles. The lowest BCUT2D eigenvalue weighted by Gasteiger charge is -2.30. The number of amides is 3. The van der Waals surface area contributed by atoms with Crippen LogP contribution >= 0.6 is 0 Å². The third kappa shape index (κ3) is 7.30. The van der Waals surface area contributed by atoms with Gasteiger partial charge in [-0.2, -0.15) is 0 Å². The van der Waals surface area contributed by atoms with Crippen molar-refractivity contribution in [1.82, 2.24) is 15.5 Å². The summed E-state index contributed by atoms with van der Waals surface area (Å²) >= 11 is 0. The van der Waals surface area contributed by atoms with Gasteiger partial charge in [0, 0.05) is 13.6 Å². The van der Waals surface area contributed by atoms with Gasteiger partial charge in [-0.05, 0) is 51.0 Å². The van der Waals surface area contributed by atoms with E-state index in [0.29, 0.717) is 5.56 Å². The largest absolute Gasteiger partial charge is 0.508 e. The topological polar surface area (TPSA) is 108 Å². The van der Waals surface area contributed by atoms with Crippen molar-refractivity contribution >= 4 is 17.9 Å². The highest BCUT2D eigenvalue weighted by Crippen LogP contribution is 2.24. The Morgan fingerprint density at radius 2 is 1.72 bits per heavy atom. The predicted octanol–water partition coefficient (Wildman–Crippen LogP) is 3.12. The number of phenols is 1. The van der Waals surface area contributed by atoms with Crippen LogP contribution in [0.15, 0.2) is 54.6 Å². The normalized spacial score (nSPS) is 12.9. The van der Waals surface area contributed by atoms with E-state index in [9.17, 15) is 19.5 Å². The molecule has 0 aliphatic rings. The molecule has 0 radical (unpaired) electrons. The van der Waals surface area contributed by atoms with Crippen molar-refractivity contribution in [3.63, 3.8) is 0 Å². The molecule has 2 atom stereocenters. The van der Waals surface area contributed by atoms with E-state index in [1.54, 1.807) is 32.9 Å². The second kappa shape index (κ2) is 10.7. The summed E-state index contributed by atoms with van der Waals surface area (Å²) in [6.45, 7) is 6.97. The third-order valence-electron chi connectivity index (χ3n) is 4.58. The fraction of sp³-hybridized carbons (Fsp3) is 0.375. The summed E-state index contributed by atoms with van der Waals surface area (Å²) in [4.78, 5) is 39.4. The van der Waals surface area contributed by atoms with Crippen molar-refractivity contribution < 1.29 is 24.2 Å². The Kier molecular flexibility index (Phi) is 8.23. The second-order valence-electron chi connectivity index (χ2n) is 8.52. The maximum Gasteiger partial charge on any atom is 0.408 e. The van der Waals surface area contributed by atoms with E-state index in [1.165, 1.54) is 31.0 Å². The summed E-state index contributed by atoms with van der Waals surface area (Å²) in [7, 11) is 1.48. The maximum atomic E-state index is 13.1. The van der Waals surface area contributed by atoms with Crippen molar-refractivity contribution in [2.75, 3.05) is 7.05 Å². The number of rotatable bonds is 7. The van der Waals surface area contributed by atoms with Gasteiger partial charge in [-0.1, -0.05) is 42.5 Å². The summed E-state index contributed by atoms with van der Waals surface area (Å²) < 4.78 is 5.20. The summed E-state index contributed by atoms with van der Waals surface area (Å²) in [6.07, 6.45) is -0.728. The second-order valence-corrected chi connectivity index (χ2v) is 8.52. The molecule has 2 aromatic rings. The molecule has 3 amide bonds. The van der Waals surface area contributed by atoms with E-state index in [2.05, 4.69) is 10.6 Å². The number of nitrogens with zero attached hydrogens (tertiary/aromatic N) is 1. The van der Waals surface area contributed by atoms with Crippen LogP contribution in [0.5, 0.6) is 5.75 Å². The molecule has 3 N–H and O–H groups in total. The molecule has 0 spiro atoms. The van der Waals surface area contributed by atoms with Crippen molar-refractivity contribution in [2.45, 2.75) is 51.9 Å². The molecule has 0 saturated carbocycles. The molecular formula is C24H31N3O5. The highest BCUT2D eigenvalue weighted by molar-refractivity contribution is 5.91.